The van der Waals surface area contributed by atoms with Gasteiger partial charge in [-0.3, -0.25) is 4.79 Å². The van der Waals surface area contributed by atoms with E-state index in [0.717, 1.165) is 5.56 Å². The number of carbonyl (C=O) groups is 1. The number of unbranched alkanes of at least 4 members (excludes halogenated alkanes) is 1. The molecule has 4 heteroatoms. The highest BCUT2D eigenvalue weighted by atomic mass is 19.1. The highest BCUT2D eigenvalue weighted by Gasteiger charge is 2.03. The molecular weight excluding hydrogens is 211 g/mol. The molecule has 0 aliphatic heterocycles. The van der Waals surface area contributed by atoms with Crippen molar-refractivity contribution >= 4 is 5.97 Å². The van der Waals surface area contributed by atoms with Crippen LogP contribution in [0.15, 0.2) is 18.2 Å². The molecule has 0 amide bonds. The molecule has 0 saturated carbocycles. The summed E-state index contributed by atoms with van der Waals surface area (Å²) in [7, 11) is 0. The van der Waals surface area contributed by atoms with Crippen LogP contribution in [0.1, 0.15) is 24.8 Å². The Morgan fingerprint density at radius 2 is 2.19 bits per heavy atom. The molecule has 0 saturated heterocycles. The molecule has 0 bridgehead atoms. The smallest absolute Gasteiger partial charge is 0.303 e. The number of carboxylic acid groups (broad SMARTS) is 1. The molecule has 3 nitrogen and oxygen atoms in total. The van der Waals surface area contributed by atoms with Gasteiger partial charge in [0.25, 0.3) is 0 Å². The zero-order chi connectivity index (χ0) is 12.0. The third-order valence-corrected chi connectivity index (χ3v) is 2.13. The lowest BCUT2D eigenvalue weighted by Crippen LogP contribution is -2.01. The zero-order valence-electron chi connectivity index (χ0n) is 9.20. The van der Waals surface area contributed by atoms with Crippen molar-refractivity contribution in [2.45, 2.75) is 26.2 Å². The van der Waals surface area contributed by atoms with E-state index in [4.69, 9.17) is 9.84 Å². The minimum Gasteiger partial charge on any atom is -0.491 e. The third kappa shape index (κ3) is 4.29. The lowest BCUT2D eigenvalue weighted by molar-refractivity contribution is -0.137. The first kappa shape index (κ1) is 12.5. The molecule has 0 aromatic heterocycles. The monoisotopic (exact) mass is 226 g/mol. The van der Waals surface area contributed by atoms with Gasteiger partial charge in [-0.05, 0) is 37.5 Å². The van der Waals surface area contributed by atoms with Crippen LogP contribution >= 0.6 is 0 Å². The Kier molecular flexibility index (Phi) is 4.76. The van der Waals surface area contributed by atoms with Gasteiger partial charge < -0.3 is 9.84 Å². The maximum Gasteiger partial charge on any atom is 0.303 e. The second-order valence-corrected chi connectivity index (χ2v) is 3.63. The summed E-state index contributed by atoms with van der Waals surface area (Å²) in [4.78, 5) is 10.2. The van der Waals surface area contributed by atoms with E-state index in [1.54, 1.807) is 12.1 Å². The van der Waals surface area contributed by atoms with Gasteiger partial charge in [0.15, 0.2) is 11.6 Å². The molecule has 0 fully saturated rings. The van der Waals surface area contributed by atoms with Crippen molar-refractivity contribution in [3.8, 4) is 5.75 Å². The summed E-state index contributed by atoms with van der Waals surface area (Å²) in [6, 6.07) is 4.67. The van der Waals surface area contributed by atoms with Crippen molar-refractivity contribution < 1.29 is 19.0 Å². The lowest BCUT2D eigenvalue weighted by Gasteiger charge is -2.07. The van der Waals surface area contributed by atoms with Crippen LogP contribution in [-0.4, -0.2) is 17.7 Å². The van der Waals surface area contributed by atoms with E-state index in [-0.39, 0.29) is 18.0 Å². The van der Waals surface area contributed by atoms with Crippen LogP contribution in [0.25, 0.3) is 0 Å². The van der Waals surface area contributed by atoms with E-state index in [0.29, 0.717) is 19.4 Å². The Hall–Kier alpha value is -1.58. The summed E-state index contributed by atoms with van der Waals surface area (Å²) in [5, 5.41) is 8.41. The first-order valence-corrected chi connectivity index (χ1v) is 5.20. The molecule has 1 aromatic rings. The highest BCUT2D eigenvalue weighted by molar-refractivity contribution is 5.66. The number of aryl methyl sites for hydroxylation is 1. The highest BCUT2D eigenvalue weighted by Crippen LogP contribution is 2.18. The topological polar surface area (TPSA) is 46.5 Å². The lowest BCUT2D eigenvalue weighted by atomic mass is 10.2. The summed E-state index contributed by atoms with van der Waals surface area (Å²) in [6.45, 7) is 2.20. The maximum atomic E-state index is 13.2. The van der Waals surface area contributed by atoms with Crippen molar-refractivity contribution in [2.24, 2.45) is 0 Å². The maximum absolute atomic E-state index is 13.2. The minimum absolute atomic E-state index is 0.125. The van der Waals surface area contributed by atoms with Gasteiger partial charge in [0.1, 0.15) is 0 Å². The number of carboxylic acids is 1. The molecule has 1 N–H and O–H groups in total. The molecule has 0 atom stereocenters. The Morgan fingerprint density at radius 3 is 2.88 bits per heavy atom. The first-order chi connectivity index (χ1) is 7.59. The van der Waals surface area contributed by atoms with Crippen LogP contribution in [0.3, 0.4) is 0 Å². The van der Waals surface area contributed by atoms with Crippen molar-refractivity contribution in [3.63, 3.8) is 0 Å². The molecule has 0 aliphatic carbocycles. The van der Waals surface area contributed by atoms with Gasteiger partial charge >= 0.3 is 5.97 Å². The Bertz CT molecular complexity index is 363. The summed E-state index contributed by atoms with van der Waals surface area (Å²) in [5.74, 6) is -0.971. The van der Waals surface area contributed by atoms with Crippen molar-refractivity contribution in [3.05, 3.63) is 29.6 Å². The number of hydrogen-bond acceptors (Lipinski definition) is 2. The van der Waals surface area contributed by atoms with Gasteiger partial charge in [0, 0.05) is 6.42 Å². The average molecular weight is 226 g/mol. The van der Waals surface area contributed by atoms with Crippen molar-refractivity contribution in [2.75, 3.05) is 6.61 Å². The van der Waals surface area contributed by atoms with E-state index in [1.165, 1.54) is 6.07 Å². The van der Waals surface area contributed by atoms with Crippen LogP contribution in [0.2, 0.25) is 0 Å². The Morgan fingerprint density at radius 1 is 1.44 bits per heavy atom. The number of ether oxygens (including phenoxy) is 1. The quantitative estimate of drug-likeness (QED) is 0.758. The van der Waals surface area contributed by atoms with Gasteiger partial charge in [-0.15, -0.1) is 0 Å². The molecule has 0 spiro atoms. The molecule has 0 radical (unpaired) electrons. The van der Waals surface area contributed by atoms with Crippen LogP contribution in [0.4, 0.5) is 4.39 Å². The fourth-order valence-electron chi connectivity index (χ4n) is 1.28. The number of aliphatic carboxylic acids is 1. The number of benzene rings is 1. The molecule has 1 aromatic carbocycles. The summed E-state index contributed by atoms with van der Waals surface area (Å²) < 4.78 is 18.4. The molecule has 16 heavy (non-hydrogen) atoms. The van der Waals surface area contributed by atoms with Gasteiger partial charge in [0.05, 0.1) is 6.61 Å². The van der Waals surface area contributed by atoms with Crippen molar-refractivity contribution in [1.82, 2.24) is 0 Å². The number of halogens is 1. The second-order valence-electron chi connectivity index (χ2n) is 3.63. The molecule has 0 unspecified atom stereocenters. The fraction of sp³-hybridized carbons (Fsp3) is 0.417. The standard InChI is InChI=1S/C12H15FO3/c1-9-5-6-10(13)11(8-9)16-7-3-2-4-12(14)15/h5-6,8H,2-4,7H2,1H3,(H,14,15). The fourth-order valence-corrected chi connectivity index (χ4v) is 1.28. The third-order valence-electron chi connectivity index (χ3n) is 2.13. The van der Waals surface area contributed by atoms with Gasteiger partial charge in [-0.1, -0.05) is 6.07 Å². The van der Waals surface area contributed by atoms with Gasteiger partial charge in [-0.2, -0.15) is 0 Å². The normalized spacial score (nSPS) is 10.1. The average Bonchev–Trinajstić information content (AvgIpc) is 2.22. The Balaban J connectivity index is 2.31. The summed E-state index contributed by atoms with van der Waals surface area (Å²) in [6.07, 6.45) is 1.28. The van der Waals surface area contributed by atoms with Gasteiger partial charge in [-0.25, -0.2) is 4.39 Å². The second kappa shape index (κ2) is 6.10. The molecule has 88 valence electrons. The van der Waals surface area contributed by atoms with Crippen LogP contribution < -0.4 is 4.74 Å². The summed E-state index contributed by atoms with van der Waals surface area (Å²) >= 11 is 0. The predicted molar refractivity (Wildman–Crippen MR) is 58.1 cm³/mol. The van der Waals surface area contributed by atoms with Crippen molar-refractivity contribution in [1.29, 1.82) is 0 Å². The van der Waals surface area contributed by atoms with Gasteiger partial charge in [0.2, 0.25) is 0 Å². The number of hydrogen-bond donors (Lipinski definition) is 1. The van der Waals surface area contributed by atoms with E-state index in [2.05, 4.69) is 0 Å². The summed E-state index contributed by atoms with van der Waals surface area (Å²) in [5.41, 5.74) is 0.932. The first-order valence-electron chi connectivity index (χ1n) is 5.20. The van der Waals surface area contributed by atoms with E-state index in [1.807, 2.05) is 6.92 Å². The number of rotatable bonds is 6. The Labute approximate surface area is 93.9 Å². The van der Waals surface area contributed by atoms with E-state index in [9.17, 15) is 9.18 Å². The SMILES string of the molecule is Cc1ccc(F)c(OCCCCC(=O)O)c1. The predicted octanol–water partition coefficient (Wildman–Crippen LogP) is 2.77. The minimum atomic E-state index is -0.818. The van der Waals surface area contributed by atoms with Crippen LogP contribution in [-0.2, 0) is 4.79 Å². The molecule has 1 rings (SSSR count). The largest absolute Gasteiger partial charge is 0.491 e. The molecular formula is C12H15FO3. The van der Waals surface area contributed by atoms with Crippen LogP contribution in [0, 0.1) is 12.7 Å². The molecule has 0 heterocycles. The molecule has 0 aliphatic rings. The van der Waals surface area contributed by atoms with Crippen LogP contribution in [0.5, 0.6) is 5.75 Å². The zero-order valence-corrected chi connectivity index (χ0v) is 9.20. The van der Waals surface area contributed by atoms with E-state index >= 15 is 0 Å². The van der Waals surface area contributed by atoms with E-state index < -0.39 is 5.97 Å².